The lowest BCUT2D eigenvalue weighted by atomic mass is 9.51. The standard InChI is InChI=1S/C27H43NO3/c1-15-4-7-25-27(3,31)21-6-5-17-18(20(21)14-28(25)13-15)11-22-19(17)12-24(30)23-10-16(29)8-9-26(22,23)2/h15-23,25,29,31H,4-14H2,1-3H3/t15-,16-,17-,18+,19-,20-,21+,22-,23+,25-,26+,27-/m0/s1. The first kappa shape index (κ1) is 21.1. The fourth-order valence-corrected chi connectivity index (χ4v) is 10.4. The van der Waals surface area contributed by atoms with Gasteiger partial charge in [-0.3, -0.25) is 9.69 Å². The number of aliphatic hydroxyl groups excluding tert-OH is 1. The molecular weight excluding hydrogens is 386 g/mol. The Morgan fingerprint density at radius 1 is 0.903 bits per heavy atom. The van der Waals surface area contributed by atoms with E-state index < -0.39 is 5.60 Å². The molecule has 0 aromatic rings. The third-order valence-electron chi connectivity index (χ3n) is 11.8. The number of piperidine rings is 2. The molecule has 0 radical (unpaired) electrons. The van der Waals surface area contributed by atoms with Crippen molar-refractivity contribution in [1.29, 1.82) is 0 Å². The summed E-state index contributed by atoms with van der Waals surface area (Å²) in [6, 6.07) is 0.341. The SMILES string of the molecule is C[C@H]1CC[C@@H]2N(C1)C[C@H]1[C@@H]3C[C@H]4[C@@H](CC(=O)[C@H]5C[C@@H](O)CC[C@@]54C)[C@H]3CC[C@H]1[C@]2(C)O. The van der Waals surface area contributed by atoms with Crippen molar-refractivity contribution in [3.05, 3.63) is 0 Å². The number of hydrogen-bond donors (Lipinski definition) is 2. The molecule has 0 spiro atoms. The number of fused-ring (bicyclic) bond motifs is 8. The van der Waals surface area contributed by atoms with Crippen molar-refractivity contribution in [2.45, 2.75) is 96.3 Å². The number of nitrogens with zero attached hydrogens (tertiary/aromatic N) is 1. The summed E-state index contributed by atoms with van der Waals surface area (Å²) in [5.74, 6) is 4.82. The summed E-state index contributed by atoms with van der Waals surface area (Å²) >= 11 is 0. The molecule has 0 aromatic heterocycles. The maximum Gasteiger partial charge on any atom is 0.136 e. The van der Waals surface area contributed by atoms with Gasteiger partial charge in [-0.05, 0) is 105 Å². The predicted octanol–water partition coefficient (Wildman–Crippen LogP) is 3.89. The summed E-state index contributed by atoms with van der Waals surface area (Å²) in [7, 11) is 0. The first-order valence-electron chi connectivity index (χ1n) is 13.4. The van der Waals surface area contributed by atoms with Crippen LogP contribution in [0.25, 0.3) is 0 Å². The van der Waals surface area contributed by atoms with Gasteiger partial charge in [0.1, 0.15) is 5.78 Å². The smallest absolute Gasteiger partial charge is 0.136 e. The van der Waals surface area contributed by atoms with E-state index in [1.54, 1.807) is 0 Å². The van der Waals surface area contributed by atoms with Gasteiger partial charge in [-0.1, -0.05) is 13.8 Å². The van der Waals surface area contributed by atoms with Crippen LogP contribution in [0.3, 0.4) is 0 Å². The molecule has 0 amide bonds. The fraction of sp³-hybridized carbons (Fsp3) is 0.963. The Kier molecular flexibility index (Phi) is 4.78. The van der Waals surface area contributed by atoms with Gasteiger partial charge in [-0.15, -0.1) is 0 Å². The molecule has 6 aliphatic rings. The summed E-state index contributed by atoms with van der Waals surface area (Å²) in [5, 5.41) is 22.1. The van der Waals surface area contributed by atoms with Crippen LogP contribution in [0.1, 0.15) is 78.6 Å². The molecule has 4 heteroatoms. The monoisotopic (exact) mass is 429 g/mol. The Hall–Kier alpha value is -0.450. The summed E-state index contributed by atoms with van der Waals surface area (Å²) in [6.45, 7) is 9.23. The Balaban J connectivity index is 1.31. The number of Topliss-reactive ketones (excluding diaryl/α,β-unsaturated/α-hetero) is 1. The Labute approximate surface area is 188 Å². The van der Waals surface area contributed by atoms with Crippen LogP contribution in [-0.2, 0) is 4.79 Å². The minimum atomic E-state index is -0.570. The molecule has 6 fully saturated rings. The van der Waals surface area contributed by atoms with Gasteiger partial charge in [0.15, 0.2) is 0 Å². The van der Waals surface area contributed by atoms with Crippen molar-refractivity contribution >= 4 is 5.78 Å². The molecule has 4 aliphatic carbocycles. The Morgan fingerprint density at radius 3 is 2.52 bits per heavy atom. The van der Waals surface area contributed by atoms with Crippen molar-refractivity contribution in [3.8, 4) is 0 Å². The number of carbonyl (C=O) groups is 1. The molecule has 6 rings (SSSR count). The van der Waals surface area contributed by atoms with Gasteiger partial charge in [0.05, 0.1) is 11.7 Å². The van der Waals surface area contributed by atoms with Gasteiger partial charge >= 0.3 is 0 Å². The molecule has 2 N–H and O–H groups in total. The van der Waals surface area contributed by atoms with E-state index in [0.29, 0.717) is 53.8 Å². The predicted molar refractivity (Wildman–Crippen MR) is 120 cm³/mol. The molecule has 174 valence electrons. The molecule has 0 unspecified atom stereocenters. The quantitative estimate of drug-likeness (QED) is 0.613. The van der Waals surface area contributed by atoms with Gasteiger partial charge in [-0.25, -0.2) is 0 Å². The van der Waals surface area contributed by atoms with Gasteiger partial charge < -0.3 is 10.2 Å². The zero-order valence-corrected chi connectivity index (χ0v) is 19.8. The summed E-state index contributed by atoms with van der Waals surface area (Å²) in [5.41, 5.74) is -0.482. The van der Waals surface area contributed by atoms with E-state index in [0.717, 1.165) is 44.6 Å². The number of carbonyl (C=O) groups excluding carboxylic acids is 1. The zero-order chi connectivity index (χ0) is 21.7. The van der Waals surface area contributed by atoms with Crippen LogP contribution in [0, 0.1) is 52.8 Å². The summed E-state index contributed by atoms with van der Waals surface area (Å²) in [6.07, 6.45) is 9.08. The topological polar surface area (TPSA) is 60.8 Å². The fourth-order valence-electron chi connectivity index (χ4n) is 10.4. The van der Waals surface area contributed by atoms with Gasteiger partial charge in [0.2, 0.25) is 0 Å². The molecule has 2 aliphatic heterocycles. The molecule has 2 heterocycles. The summed E-state index contributed by atoms with van der Waals surface area (Å²) < 4.78 is 0. The second kappa shape index (κ2) is 7.03. The van der Waals surface area contributed by atoms with Crippen LogP contribution in [0.5, 0.6) is 0 Å². The van der Waals surface area contributed by atoms with Crippen LogP contribution in [0.2, 0.25) is 0 Å². The molecule has 4 saturated carbocycles. The van der Waals surface area contributed by atoms with Crippen LogP contribution < -0.4 is 0 Å². The van der Waals surface area contributed by atoms with Crippen LogP contribution >= 0.6 is 0 Å². The van der Waals surface area contributed by atoms with E-state index in [-0.39, 0.29) is 17.4 Å². The van der Waals surface area contributed by atoms with Crippen molar-refractivity contribution < 1.29 is 15.0 Å². The zero-order valence-electron chi connectivity index (χ0n) is 19.8. The van der Waals surface area contributed by atoms with E-state index >= 15 is 0 Å². The van der Waals surface area contributed by atoms with E-state index in [9.17, 15) is 15.0 Å². The van der Waals surface area contributed by atoms with E-state index in [1.807, 2.05) is 0 Å². The number of hydrogen-bond acceptors (Lipinski definition) is 4. The molecule has 12 atom stereocenters. The Bertz CT molecular complexity index is 751. The van der Waals surface area contributed by atoms with Gasteiger partial charge in [0.25, 0.3) is 0 Å². The first-order chi connectivity index (χ1) is 14.7. The minimum absolute atomic E-state index is 0.0789. The minimum Gasteiger partial charge on any atom is -0.393 e. The maximum absolute atomic E-state index is 13.2. The highest BCUT2D eigenvalue weighted by Crippen LogP contribution is 2.66. The van der Waals surface area contributed by atoms with E-state index in [1.165, 1.54) is 25.8 Å². The largest absolute Gasteiger partial charge is 0.393 e. The second-order valence-electron chi connectivity index (χ2n) is 13.2. The third-order valence-corrected chi connectivity index (χ3v) is 11.8. The molecule has 4 nitrogen and oxygen atoms in total. The third kappa shape index (κ3) is 2.93. The highest BCUT2D eigenvalue weighted by Gasteiger charge is 2.64. The highest BCUT2D eigenvalue weighted by atomic mass is 16.3. The average Bonchev–Trinajstić information content (AvgIpc) is 3.09. The van der Waals surface area contributed by atoms with Crippen molar-refractivity contribution in [2.75, 3.05) is 13.1 Å². The van der Waals surface area contributed by atoms with E-state index in [2.05, 4.69) is 25.7 Å². The van der Waals surface area contributed by atoms with Crippen molar-refractivity contribution in [2.24, 2.45) is 52.8 Å². The molecule has 31 heavy (non-hydrogen) atoms. The second-order valence-corrected chi connectivity index (χ2v) is 13.2. The van der Waals surface area contributed by atoms with Crippen LogP contribution in [0.15, 0.2) is 0 Å². The lowest BCUT2D eigenvalue weighted by molar-refractivity contribution is -0.175. The van der Waals surface area contributed by atoms with Crippen molar-refractivity contribution in [1.82, 2.24) is 4.90 Å². The van der Waals surface area contributed by atoms with E-state index in [4.69, 9.17) is 0 Å². The van der Waals surface area contributed by atoms with Gasteiger partial charge in [-0.2, -0.15) is 0 Å². The van der Waals surface area contributed by atoms with Gasteiger partial charge in [0, 0.05) is 31.5 Å². The highest BCUT2D eigenvalue weighted by molar-refractivity contribution is 5.83. The normalized spacial score (nSPS) is 59.2. The molecular formula is C27H43NO3. The average molecular weight is 430 g/mol. The molecule has 0 aromatic carbocycles. The van der Waals surface area contributed by atoms with Crippen LogP contribution in [-0.4, -0.2) is 51.7 Å². The lowest BCUT2D eigenvalue weighted by Gasteiger charge is -2.59. The maximum atomic E-state index is 13.2. The molecule has 0 bridgehead atoms. The van der Waals surface area contributed by atoms with Crippen LogP contribution in [0.4, 0.5) is 0 Å². The molecule has 2 saturated heterocycles. The number of rotatable bonds is 0. The first-order valence-corrected chi connectivity index (χ1v) is 13.4. The number of ketones is 1. The Morgan fingerprint density at radius 2 is 1.71 bits per heavy atom. The number of aliphatic hydroxyl groups is 2. The van der Waals surface area contributed by atoms with Crippen molar-refractivity contribution in [3.63, 3.8) is 0 Å². The summed E-state index contributed by atoms with van der Waals surface area (Å²) in [4.78, 5) is 15.9. The lowest BCUT2D eigenvalue weighted by Crippen LogP contribution is -2.67.